The van der Waals surface area contributed by atoms with Crippen LogP contribution in [0.4, 0.5) is 0 Å². The lowest BCUT2D eigenvalue weighted by atomic mass is 10.0. The molecule has 0 spiro atoms. The van der Waals surface area contributed by atoms with Crippen molar-refractivity contribution in [3.8, 4) is 28.8 Å². The highest BCUT2D eigenvalue weighted by Gasteiger charge is 2.16. The van der Waals surface area contributed by atoms with Crippen LogP contribution in [0.3, 0.4) is 0 Å². The molecule has 0 radical (unpaired) electrons. The first-order valence-corrected chi connectivity index (χ1v) is 10.3. The van der Waals surface area contributed by atoms with Gasteiger partial charge >= 0.3 is 0 Å². The number of rotatable bonds is 6. The minimum absolute atomic E-state index is 0.0550. The normalized spacial score (nSPS) is 10.4. The lowest BCUT2D eigenvalue weighted by Crippen LogP contribution is -2.14. The molecule has 3 rings (SSSR count). The number of aromatic nitrogens is 2. The zero-order valence-electron chi connectivity index (χ0n) is 15.5. The lowest BCUT2D eigenvalue weighted by Gasteiger charge is -2.13. The summed E-state index contributed by atoms with van der Waals surface area (Å²) >= 11 is 13.4. The summed E-state index contributed by atoms with van der Waals surface area (Å²) in [5, 5.41) is 10.7. The molecule has 29 heavy (non-hydrogen) atoms. The molecule has 0 aliphatic heterocycles. The third-order valence-corrected chi connectivity index (χ3v) is 5.14. The third-order valence-electron chi connectivity index (χ3n) is 4.03. The summed E-state index contributed by atoms with van der Waals surface area (Å²) in [5.74, 6) is 1.06. The molecular formula is C20H15Cl2N3O3S. The van der Waals surface area contributed by atoms with Crippen molar-refractivity contribution in [3.05, 3.63) is 67.9 Å². The number of nitriles is 1. The minimum Gasteiger partial charge on any atom is -0.496 e. The molecule has 3 aromatic rings. The second kappa shape index (κ2) is 9.23. The Morgan fingerprint density at radius 2 is 1.97 bits per heavy atom. The van der Waals surface area contributed by atoms with E-state index in [1.807, 2.05) is 6.07 Å². The number of thioether (sulfide) groups is 1. The second-order valence-corrected chi connectivity index (χ2v) is 7.44. The molecule has 0 bridgehead atoms. The summed E-state index contributed by atoms with van der Waals surface area (Å²) in [6.45, 7) is 0.152. The summed E-state index contributed by atoms with van der Waals surface area (Å²) < 4.78 is 11.2. The van der Waals surface area contributed by atoms with Crippen LogP contribution in [0, 0.1) is 11.3 Å². The van der Waals surface area contributed by atoms with Crippen LogP contribution in [-0.4, -0.2) is 23.3 Å². The highest BCUT2D eigenvalue weighted by molar-refractivity contribution is 7.98. The van der Waals surface area contributed by atoms with Gasteiger partial charge in [-0.25, -0.2) is 4.98 Å². The van der Waals surface area contributed by atoms with Crippen molar-refractivity contribution in [2.24, 2.45) is 0 Å². The number of hydrogen-bond acceptors (Lipinski definition) is 6. The fourth-order valence-electron chi connectivity index (χ4n) is 2.65. The summed E-state index contributed by atoms with van der Waals surface area (Å²) in [5.41, 5.74) is 1.07. The fraction of sp³-hybridized carbons (Fsp3) is 0.150. The SMILES string of the molecule is COc1ccc(-c2nc(SC)[nH]c(=O)c2C#N)cc1COc1ccc(Cl)cc1Cl. The minimum atomic E-state index is -0.483. The quantitative estimate of drug-likeness (QED) is 0.425. The number of nitrogens with one attached hydrogen (secondary N) is 1. The topological polar surface area (TPSA) is 88.0 Å². The average Bonchev–Trinajstić information content (AvgIpc) is 2.72. The highest BCUT2D eigenvalue weighted by Crippen LogP contribution is 2.31. The smallest absolute Gasteiger partial charge is 0.270 e. The van der Waals surface area contributed by atoms with E-state index in [1.54, 1.807) is 49.8 Å². The summed E-state index contributed by atoms with van der Waals surface area (Å²) in [7, 11) is 1.55. The number of halogens is 2. The molecule has 0 saturated carbocycles. The molecule has 0 atom stereocenters. The third kappa shape index (κ3) is 4.67. The van der Waals surface area contributed by atoms with E-state index in [9.17, 15) is 10.1 Å². The Morgan fingerprint density at radius 1 is 1.21 bits per heavy atom. The molecule has 9 heteroatoms. The number of H-pyrrole nitrogens is 1. The maximum absolute atomic E-state index is 12.2. The lowest BCUT2D eigenvalue weighted by molar-refractivity contribution is 0.297. The number of hydrogen-bond donors (Lipinski definition) is 1. The molecule has 1 heterocycles. The van der Waals surface area contributed by atoms with Crippen molar-refractivity contribution in [1.29, 1.82) is 5.26 Å². The van der Waals surface area contributed by atoms with Gasteiger partial charge in [-0.3, -0.25) is 4.79 Å². The Balaban J connectivity index is 2.01. The maximum Gasteiger partial charge on any atom is 0.270 e. The molecule has 6 nitrogen and oxygen atoms in total. The Labute approximate surface area is 181 Å². The fourth-order valence-corrected chi connectivity index (χ4v) is 3.49. The van der Waals surface area contributed by atoms with Crippen LogP contribution >= 0.6 is 35.0 Å². The standard InChI is InChI=1S/C20H15Cl2N3O3S/c1-27-16-5-3-11(18-14(9-23)19(26)25-20(24-18)29-2)7-12(16)10-28-17-6-4-13(21)8-15(17)22/h3-8H,10H2,1-2H3,(H,24,25,26). The van der Waals surface area contributed by atoms with Crippen molar-refractivity contribution in [2.75, 3.05) is 13.4 Å². The van der Waals surface area contributed by atoms with E-state index in [1.165, 1.54) is 11.8 Å². The molecule has 148 valence electrons. The highest BCUT2D eigenvalue weighted by atomic mass is 35.5. The second-order valence-electron chi connectivity index (χ2n) is 5.80. The molecule has 1 N–H and O–H groups in total. The van der Waals surface area contributed by atoms with Gasteiger partial charge in [0.25, 0.3) is 5.56 Å². The number of aromatic amines is 1. The van der Waals surface area contributed by atoms with Gasteiger partial charge in [-0.2, -0.15) is 5.26 Å². The van der Waals surface area contributed by atoms with Gasteiger partial charge in [0.15, 0.2) is 5.16 Å². The van der Waals surface area contributed by atoms with Gasteiger partial charge in [-0.1, -0.05) is 35.0 Å². The molecule has 1 aromatic heterocycles. The van der Waals surface area contributed by atoms with E-state index in [0.29, 0.717) is 43.5 Å². The molecule has 2 aromatic carbocycles. The van der Waals surface area contributed by atoms with E-state index < -0.39 is 5.56 Å². The van der Waals surface area contributed by atoms with Gasteiger partial charge in [0.05, 0.1) is 17.8 Å². The van der Waals surface area contributed by atoms with Crippen LogP contribution in [0.5, 0.6) is 11.5 Å². The number of nitrogens with zero attached hydrogens (tertiary/aromatic N) is 2. The van der Waals surface area contributed by atoms with E-state index in [-0.39, 0.29) is 12.2 Å². The monoisotopic (exact) mass is 447 g/mol. The van der Waals surface area contributed by atoms with Crippen LogP contribution in [0.1, 0.15) is 11.1 Å². The predicted molar refractivity (Wildman–Crippen MR) is 114 cm³/mol. The Kier molecular flexibility index (Phi) is 6.70. The molecular weight excluding hydrogens is 433 g/mol. The van der Waals surface area contributed by atoms with Crippen LogP contribution in [0.2, 0.25) is 10.0 Å². The number of methoxy groups -OCH3 is 1. The summed E-state index contributed by atoms with van der Waals surface area (Å²) in [6, 6.07) is 12.1. The van der Waals surface area contributed by atoms with Crippen molar-refractivity contribution >= 4 is 35.0 Å². The van der Waals surface area contributed by atoms with Crippen LogP contribution < -0.4 is 15.0 Å². The van der Waals surface area contributed by atoms with Gasteiger partial charge in [0, 0.05) is 16.1 Å². The van der Waals surface area contributed by atoms with Crippen molar-refractivity contribution in [3.63, 3.8) is 0 Å². The first-order valence-electron chi connectivity index (χ1n) is 8.30. The predicted octanol–water partition coefficient (Wildman–Crippen LogP) is 4.92. The zero-order valence-corrected chi connectivity index (χ0v) is 17.8. The molecule has 0 fully saturated rings. The summed E-state index contributed by atoms with van der Waals surface area (Å²) in [6.07, 6.45) is 1.79. The average molecular weight is 448 g/mol. The van der Waals surface area contributed by atoms with Gasteiger partial charge in [-0.15, -0.1) is 0 Å². The van der Waals surface area contributed by atoms with Crippen LogP contribution in [-0.2, 0) is 6.61 Å². The van der Waals surface area contributed by atoms with Crippen molar-refractivity contribution in [1.82, 2.24) is 9.97 Å². The number of ether oxygens (including phenoxy) is 2. The van der Waals surface area contributed by atoms with Gasteiger partial charge in [0.1, 0.15) is 29.7 Å². The van der Waals surface area contributed by atoms with E-state index >= 15 is 0 Å². The van der Waals surface area contributed by atoms with E-state index in [2.05, 4.69) is 9.97 Å². The first-order chi connectivity index (χ1) is 14.0. The van der Waals surface area contributed by atoms with Crippen LogP contribution in [0.25, 0.3) is 11.3 Å². The molecule has 0 aliphatic rings. The maximum atomic E-state index is 12.2. The Bertz CT molecular complexity index is 1160. The Morgan fingerprint density at radius 3 is 2.62 bits per heavy atom. The largest absolute Gasteiger partial charge is 0.496 e. The van der Waals surface area contributed by atoms with Crippen LogP contribution in [0.15, 0.2) is 46.3 Å². The van der Waals surface area contributed by atoms with E-state index in [4.69, 9.17) is 32.7 Å². The van der Waals surface area contributed by atoms with Crippen molar-refractivity contribution < 1.29 is 9.47 Å². The van der Waals surface area contributed by atoms with Gasteiger partial charge < -0.3 is 14.5 Å². The van der Waals surface area contributed by atoms with Crippen molar-refractivity contribution in [2.45, 2.75) is 11.8 Å². The molecule has 0 aliphatic carbocycles. The molecule has 0 amide bonds. The number of benzene rings is 2. The van der Waals surface area contributed by atoms with Gasteiger partial charge in [0.2, 0.25) is 0 Å². The van der Waals surface area contributed by atoms with E-state index in [0.717, 1.165) is 0 Å². The first kappa shape index (κ1) is 21.1. The molecule has 0 saturated heterocycles. The zero-order chi connectivity index (χ0) is 21.0. The Hall–Kier alpha value is -2.66. The summed E-state index contributed by atoms with van der Waals surface area (Å²) in [4.78, 5) is 19.2. The van der Waals surface area contributed by atoms with Gasteiger partial charge in [-0.05, 0) is 42.7 Å². The molecule has 0 unspecified atom stereocenters.